The third-order valence-corrected chi connectivity index (χ3v) is 5.59. The Morgan fingerprint density at radius 1 is 1.45 bits per heavy atom. The number of rotatable bonds is 4. The van der Waals surface area contributed by atoms with Gasteiger partial charge >= 0.3 is 0 Å². The van der Waals surface area contributed by atoms with Crippen molar-refractivity contribution in [3.63, 3.8) is 0 Å². The zero-order valence-corrected chi connectivity index (χ0v) is 12.8. The van der Waals surface area contributed by atoms with Gasteiger partial charge in [0.15, 0.2) is 9.84 Å². The van der Waals surface area contributed by atoms with Crippen LogP contribution < -0.4 is 5.32 Å². The van der Waals surface area contributed by atoms with Gasteiger partial charge in [-0.25, -0.2) is 8.42 Å². The molecule has 0 aliphatic carbocycles. The van der Waals surface area contributed by atoms with Gasteiger partial charge in [-0.2, -0.15) is 0 Å². The van der Waals surface area contributed by atoms with E-state index in [9.17, 15) is 13.2 Å². The number of hydrogen-bond acceptors (Lipinski definition) is 5. The van der Waals surface area contributed by atoms with Gasteiger partial charge in [-0.05, 0) is 19.8 Å². The van der Waals surface area contributed by atoms with Crippen LogP contribution in [0, 0.1) is 0 Å². The fourth-order valence-electron chi connectivity index (χ4n) is 2.87. The Hall–Kier alpha value is -0.660. The third kappa shape index (κ3) is 4.43. The molecule has 6 nitrogen and oxygen atoms in total. The van der Waals surface area contributed by atoms with E-state index in [0.717, 1.165) is 19.4 Å². The summed E-state index contributed by atoms with van der Waals surface area (Å²) in [5.41, 5.74) is 0. The molecule has 0 spiro atoms. The molecule has 0 radical (unpaired) electrons. The fraction of sp³-hybridized carbons (Fsp3) is 0.923. The molecule has 2 aliphatic heterocycles. The maximum absolute atomic E-state index is 12.3. The Balaban J connectivity index is 1.85. The first-order valence-electron chi connectivity index (χ1n) is 7.33. The summed E-state index contributed by atoms with van der Waals surface area (Å²) in [5, 5.41) is 3.12. The van der Waals surface area contributed by atoms with Crippen LogP contribution in [0.4, 0.5) is 0 Å². The predicted octanol–water partition coefficient (Wildman–Crippen LogP) is -0.209. The zero-order valence-electron chi connectivity index (χ0n) is 12.0. The first-order chi connectivity index (χ1) is 9.50. The molecule has 0 aromatic rings. The van der Waals surface area contributed by atoms with Crippen LogP contribution in [0.3, 0.4) is 0 Å². The van der Waals surface area contributed by atoms with E-state index in [1.54, 1.807) is 0 Å². The SMILES string of the molecule is CCOC1CCCN(C(=O)CC2CS(=O)(=O)CCN2)C1. The van der Waals surface area contributed by atoms with Gasteiger partial charge in [0.1, 0.15) is 0 Å². The molecule has 1 amide bonds. The molecule has 2 atom stereocenters. The minimum absolute atomic E-state index is 0.0315. The van der Waals surface area contributed by atoms with Crippen molar-refractivity contribution in [1.82, 2.24) is 10.2 Å². The molecule has 2 unspecified atom stereocenters. The van der Waals surface area contributed by atoms with Gasteiger partial charge in [0, 0.05) is 38.7 Å². The van der Waals surface area contributed by atoms with E-state index in [1.807, 2.05) is 11.8 Å². The summed E-state index contributed by atoms with van der Waals surface area (Å²) in [6.07, 6.45) is 2.33. The minimum atomic E-state index is -2.99. The molecule has 0 aromatic carbocycles. The first-order valence-corrected chi connectivity index (χ1v) is 9.15. The lowest BCUT2D eigenvalue weighted by Gasteiger charge is -2.34. The van der Waals surface area contributed by atoms with Crippen molar-refractivity contribution in [3.05, 3.63) is 0 Å². The number of sulfone groups is 1. The van der Waals surface area contributed by atoms with Crippen molar-refractivity contribution < 1.29 is 17.9 Å². The lowest BCUT2D eigenvalue weighted by Crippen LogP contribution is -2.50. The molecule has 20 heavy (non-hydrogen) atoms. The van der Waals surface area contributed by atoms with Gasteiger partial charge < -0.3 is 15.0 Å². The van der Waals surface area contributed by atoms with E-state index in [2.05, 4.69) is 5.32 Å². The largest absolute Gasteiger partial charge is 0.377 e. The van der Waals surface area contributed by atoms with Crippen molar-refractivity contribution >= 4 is 15.7 Å². The molecular weight excluding hydrogens is 280 g/mol. The summed E-state index contributed by atoms with van der Waals surface area (Å²) in [7, 11) is -2.99. The summed E-state index contributed by atoms with van der Waals surface area (Å²) >= 11 is 0. The summed E-state index contributed by atoms with van der Waals surface area (Å²) < 4.78 is 28.7. The molecule has 2 saturated heterocycles. The number of piperidine rings is 1. The maximum Gasteiger partial charge on any atom is 0.224 e. The van der Waals surface area contributed by atoms with Crippen molar-refractivity contribution in [3.8, 4) is 0 Å². The highest BCUT2D eigenvalue weighted by molar-refractivity contribution is 7.91. The quantitative estimate of drug-likeness (QED) is 0.778. The Morgan fingerprint density at radius 2 is 2.25 bits per heavy atom. The monoisotopic (exact) mass is 304 g/mol. The van der Waals surface area contributed by atoms with Crippen LogP contribution in [0.2, 0.25) is 0 Å². The first kappa shape index (κ1) is 15.7. The lowest BCUT2D eigenvalue weighted by atomic mass is 10.1. The third-order valence-electron chi connectivity index (χ3n) is 3.86. The van der Waals surface area contributed by atoms with E-state index in [-0.39, 0.29) is 36.0 Å². The zero-order chi connectivity index (χ0) is 14.6. The van der Waals surface area contributed by atoms with Crippen LogP contribution in [0.15, 0.2) is 0 Å². The Bertz CT molecular complexity index is 436. The van der Waals surface area contributed by atoms with Crippen LogP contribution in [0.1, 0.15) is 26.2 Å². The minimum Gasteiger partial charge on any atom is -0.377 e. The molecular formula is C13H24N2O4S. The van der Waals surface area contributed by atoms with Gasteiger partial charge in [0.2, 0.25) is 5.91 Å². The Labute approximate surface area is 120 Å². The molecule has 116 valence electrons. The molecule has 0 bridgehead atoms. The number of hydrogen-bond donors (Lipinski definition) is 1. The second-order valence-electron chi connectivity index (χ2n) is 5.53. The number of nitrogens with zero attached hydrogens (tertiary/aromatic N) is 1. The average molecular weight is 304 g/mol. The molecule has 2 aliphatic rings. The molecule has 0 aromatic heterocycles. The van der Waals surface area contributed by atoms with Crippen LogP contribution >= 0.6 is 0 Å². The smallest absolute Gasteiger partial charge is 0.224 e. The highest BCUT2D eigenvalue weighted by Crippen LogP contribution is 2.15. The number of carbonyl (C=O) groups excluding carboxylic acids is 1. The lowest BCUT2D eigenvalue weighted by molar-refractivity contribution is -0.135. The highest BCUT2D eigenvalue weighted by Gasteiger charge is 2.29. The van der Waals surface area contributed by atoms with Gasteiger partial charge in [-0.1, -0.05) is 0 Å². The number of ether oxygens (including phenoxy) is 1. The maximum atomic E-state index is 12.3. The van der Waals surface area contributed by atoms with E-state index >= 15 is 0 Å². The van der Waals surface area contributed by atoms with Gasteiger partial charge in [0.25, 0.3) is 0 Å². The van der Waals surface area contributed by atoms with Gasteiger partial charge in [0.05, 0.1) is 17.6 Å². The fourth-order valence-corrected chi connectivity index (χ4v) is 4.32. The number of likely N-dealkylation sites (tertiary alicyclic amines) is 1. The standard InChI is InChI=1S/C13H24N2O4S/c1-2-19-12-4-3-6-15(9-12)13(16)8-11-10-20(17,18)7-5-14-11/h11-12,14H,2-10H2,1H3. The molecule has 2 heterocycles. The number of amides is 1. The summed E-state index contributed by atoms with van der Waals surface area (Å²) in [6, 6.07) is -0.242. The second-order valence-corrected chi connectivity index (χ2v) is 7.76. The number of nitrogens with one attached hydrogen (secondary N) is 1. The highest BCUT2D eigenvalue weighted by atomic mass is 32.2. The van der Waals surface area contributed by atoms with Crippen molar-refractivity contribution in [2.45, 2.75) is 38.3 Å². The van der Waals surface area contributed by atoms with Crippen molar-refractivity contribution in [2.24, 2.45) is 0 Å². The van der Waals surface area contributed by atoms with E-state index < -0.39 is 9.84 Å². The van der Waals surface area contributed by atoms with Crippen LogP contribution in [0.5, 0.6) is 0 Å². The van der Waals surface area contributed by atoms with Crippen molar-refractivity contribution in [2.75, 3.05) is 37.7 Å². The molecule has 2 fully saturated rings. The topological polar surface area (TPSA) is 75.7 Å². The van der Waals surface area contributed by atoms with Crippen LogP contribution in [0.25, 0.3) is 0 Å². The Kier molecular flexibility index (Phi) is 5.40. The Morgan fingerprint density at radius 3 is 2.95 bits per heavy atom. The van der Waals surface area contributed by atoms with Gasteiger partial charge in [-0.15, -0.1) is 0 Å². The summed E-state index contributed by atoms with van der Waals surface area (Å²) in [6.45, 7) is 4.45. The molecule has 2 rings (SSSR count). The molecule has 0 saturated carbocycles. The number of carbonyl (C=O) groups is 1. The van der Waals surface area contributed by atoms with E-state index in [4.69, 9.17) is 4.74 Å². The van der Waals surface area contributed by atoms with Crippen LogP contribution in [-0.4, -0.2) is 69.1 Å². The van der Waals surface area contributed by atoms with E-state index in [1.165, 1.54) is 0 Å². The summed E-state index contributed by atoms with van der Waals surface area (Å²) in [5.74, 6) is 0.277. The predicted molar refractivity (Wildman–Crippen MR) is 76.3 cm³/mol. The molecule has 1 N–H and O–H groups in total. The summed E-state index contributed by atoms with van der Waals surface area (Å²) in [4.78, 5) is 14.1. The second kappa shape index (κ2) is 6.87. The van der Waals surface area contributed by atoms with E-state index in [0.29, 0.717) is 19.7 Å². The molecule has 7 heteroatoms. The normalized spacial score (nSPS) is 30.1. The average Bonchev–Trinajstić information content (AvgIpc) is 2.38. The van der Waals surface area contributed by atoms with Crippen molar-refractivity contribution in [1.29, 1.82) is 0 Å². The van der Waals surface area contributed by atoms with Gasteiger partial charge in [-0.3, -0.25) is 4.79 Å². The van der Waals surface area contributed by atoms with Crippen LogP contribution in [-0.2, 0) is 19.4 Å².